The van der Waals surface area contributed by atoms with Crippen LogP contribution in [-0.4, -0.2) is 44.6 Å². The molecule has 39 heavy (non-hydrogen) atoms. The summed E-state index contributed by atoms with van der Waals surface area (Å²) >= 11 is 0.149. The number of carboxylic acid groups (broad SMARTS) is 2. The Kier molecular flexibility index (Phi) is 40.4. The van der Waals surface area contributed by atoms with Gasteiger partial charge in [-0.3, -0.25) is 9.59 Å². The zero-order chi connectivity index (χ0) is 30.0. The number of carboxylic acids is 2. The minimum atomic E-state index is -1.54. The molecular formula is C32H60O6Sn. The molecule has 0 rings (SSSR count). The summed E-state index contributed by atoms with van der Waals surface area (Å²) in [5, 5.41) is 20.2. The second kappa shape index (κ2) is 37.1. The summed E-state index contributed by atoms with van der Waals surface area (Å²) in [5.41, 5.74) is 0. The van der Waals surface area contributed by atoms with E-state index in [9.17, 15) is 29.4 Å². The molecule has 0 radical (unpaired) electrons. The number of aliphatic carboxylic acids is 2. The molecule has 0 heterocycles. The second-order valence-electron chi connectivity index (χ2n) is 10.3. The summed E-state index contributed by atoms with van der Waals surface area (Å²) in [5.74, 6) is -4.61. The van der Waals surface area contributed by atoms with Crippen LogP contribution in [0, 0.1) is 0 Å². The van der Waals surface area contributed by atoms with Gasteiger partial charge < -0.3 is 19.8 Å². The maximum absolute atomic E-state index is 10.7. The fourth-order valence-corrected chi connectivity index (χ4v) is 7.93. The van der Waals surface area contributed by atoms with Crippen molar-refractivity contribution >= 4 is 44.6 Å². The Balaban J connectivity index is -0.000000516. The Morgan fingerprint density at radius 3 is 0.923 bits per heavy atom. The molecule has 0 N–H and O–H groups in total. The van der Waals surface area contributed by atoms with Gasteiger partial charge in [-0.2, -0.15) is 0 Å². The molecule has 0 aromatic carbocycles. The number of carbonyl (C=O) groups excluding carboxylic acids is 4. The van der Waals surface area contributed by atoms with E-state index in [-0.39, 0.29) is 34.0 Å². The third-order valence-electron chi connectivity index (χ3n) is 6.38. The van der Waals surface area contributed by atoms with Crippen molar-refractivity contribution in [2.45, 2.75) is 178 Å². The van der Waals surface area contributed by atoms with Crippen molar-refractivity contribution in [3.63, 3.8) is 0 Å². The van der Waals surface area contributed by atoms with Crippen LogP contribution in [0.15, 0.2) is 0 Å². The molecule has 0 fully saturated rings. The molecule has 228 valence electrons. The monoisotopic (exact) mass is 660 g/mol. The first-order chi connectivity index (χ1) is 18.8. The quantitative estimate of drug-likeness (QED) is 0.0574. The number of ketones is 2. The molecule has 0 unspecified atom stereocenters. The molecule has 0 aliphatic carbocycles. The first kappa shape index (κ1) is 42.5. The van der Waals surface area contributed by atoms with Crippen LogP contribution in [0.4, 0.5) is 0 Å². The SMILES string of the molecule is CCCCCCCCCCC(=O)C(=O)[O-].CCCCCCCCCCC(=O)C(=O)[O-].CCC[CH2][Sn+2][CH2]CCC. The van der Waals surface area contributed by atoms with Crippen LogP contribution in [0.5, 0.6) is 0 Å². The summed E-state index contributed by atoms with van der Waals surface area (Å²) in [7, 11) is 0. The fourth-order valence-electron chi connectivity index (χ4n) is 3.77. The number of hydrogen-bond donors (Lipinski definition) is 0. The van der Waals surface area contributed by atoms with E-state index in [0.29, 0.717) is 12.8 Å². The van der Waals surface area contributed by atoms with Gasteiger partial charge in [-0.05, 0) is 12.8 Å². The predicted molar refractivity (Wildman–Crippen MR) is 160 cm³/mol. The van der Waals surface area contributed by atoms with Crippen molar-refractivity contribution in [2.75, 3.05) is 0 Å². The van der Waals surface area contributed by atoms with E-state index in [1.165, 1.54) is 89.9 Å². The van der Waals surface area contributed by atoms with Crippen LogP contribution >= 0.6 is 0 Å². The third kappa shape index (κ3) is 41.7. The summed E-state index contributed by atoms with van der Waals surface area (Å²) in [6, 6.07) is 0. The molecule has 0 aromatic rings. The van der Waals surface area contributed by atoms with Gasteiger partial charge in [0.1, 0.15) is 11.9 Å². The van der Waals surface area contributed by atoms with E-state index >= 15 is 0 Å². The van der Waals surface area contributed by atoms with Crippen LogP contribution in [-0.2, 0) is 19.2 Å². The van der Waals surface area contributed by atoms with Crippen molar-refractivity contribution in [1.29, 1.82) is 0 Å². The summed E-state index contributed by atoms with van der Waals surface area (Å²) in [6.45, 7) is 8.95. The number of carbonyl (C=O) groups is 4. The maximum atomic E-state index is 10.7. The van der Waals surface area contributed by atoms with Crippen molar-refractivity contribution in [2.24, 2.45) is 0 Å². The summed E-state index contributed by atoms with van der Waals surface area (Å²) < 4.78 is 3.25. The van der Waals surface area contributed by atoms with Gasteiger partial charge >= 0.3 is 69.5 Å². The number of rotatable bonds is 26. The van der Waals surface area contributed by atoms with Crippen LogP contribution in [0.25, 0.3) is 0 Å². The number of unbranched alkanes of at least 4 members (excludes halogenated alkanes) is 16. The fraction of sp³-hybridized carbons (Fsp3) is 0.875. The molecule has 0 saturated carbocycles. The molecule has 0 atom stereocenters. The Morgan fingerprint density at radius 1 is 0.410 bits per heavy atom. The van der Waals surface area contributed by atoms with Crippen LogP contribution < -0.4 is 10.2 Å². The zero-order valence-electron chi connectivity index (χ0n) is 25.9. The van der Waals surface area contributed by atoms with Crippen LogP contribution in [0.3, 0.4) is 0 Å². The van der Waals surface area contributed by atoms with E-state index in [1.54, 1.807) is 8.87 Å². The van der Waals surface area contributed by atoms with Gasteiger partial charge in [-0.25, -0.2) is 0 Å². The first-order valence-corrected chi connectivity index (χ1v) is 20.0. The van der Waals surface area contributed by atoms with E-state index in [2.05, 4.69) is 27.7 Å². The third-order valence-corrected chi connectivity index (χ3v) is 10.4. The Morgan fingerprint density at radius 2 is 0.667 bits per heavy atom. The molecular weight excluding hydrogens is 599 g/mol. The van der Waals surface area contributed by atoms with Gasteiger partial charge in [0.25, 0.3) is 0 Å². The molecule has 0 saturated heterocycles. The number of hydrogen-bond acceptors (Lipinski definition) is 6. The van der Waals surface area contributed by atoms with Crippen molar-refractivity contribution in [1.82, 2.24) is 0 Å². The second-order valence-corrected chi connectivity index (χ2v) is 14.6. The molecule has 0 spiro atoms. The minimum absolute atomic E-state index is 0.136. The van der Waals surface area contributed by atoms with Gasteiger partial charge in [-0.15, -0.1) is 0 Å². The van der Waals surface area contributed by atoms with E-state index in [4.69, 9.17) is 0 Å². The van der Waals surface area contributed by atoms with Crippen molar-refractivity contribution in [3.05, 3.63) is 0 Å². The summed E-state index contributed by atoms with van der Waals surface area (Å²) in [6.07, 6.45) is 24.1. The van der Waals surface area contributed by atoms with Gasteiger partial charge in [-0.1, -0.05) is 104 Å². The van der Waals surface area contributed by atoms with Crippen molar-refractivity contribution < 1.29 is 29.4 Å². The van der Waals surface area contributed by atoms with Crippen LogP contribution in [0.2, 0.25) is 8.87 Å². The molecule has 0 aliphatic rings. The Hall–Kier alpha value is -0.921. The topological polar surface area (TPSA) is 114 Å². The zero-order valence-corrected chi connectivity index (χ0v) is 28.8. The molecule has 6 nitrogen and oxygen atoms in total. The van der Waals surface area contributed by atoms with Gasteiger partial charge in [0, 0.05) is 12.8 Å². The predicted octanol–water partition coefficient (Wildman–Crippen LogP) is 6.80. The van der Waals surface area contributed by atoms with E-state index in [1.807, 2.05) is 0 Å². The standard InChI is InChI=1S/2C12H22O3.2C4H9.Sn/c2*1-2-3-4-5-6-7-8-9-10-11(13)12(14)15;2*1-3-4-2;/h2*2-10H2,1H3,(H,14,15);2*1,3-4H2,2H3;/q;;;;+2/p-2. The van der Waals surface area contributed by atoms with Gasteiger partial charge in [0.2, 0.25) is 0 Å². The van der Waals surface area contributed by atoms with Crippen LogP contribution in [0.1, 0.15) is 169 Å². The summed E-state index contributed by atoms with van der Waals surface area (Å²) in [4.78, 5) is 41.5. The van der Waals surface area contributed by atoms with Gasteiger partial charge in [0.15, 0.2) is 11.6 Å². The molecule has 0 aliphatic heterocycles. The molecule has 0 aromatic heterocycles. The normalized spacial score (nSPS) is 9.95. The molecule has 0 bridgehead atoms. The average Bonchev–Trinajstić information content (AvgIpc) is 2.92. The van der Waals surface area contributed by atoms with Gasteiger partial charge in [0.05, 0.1) is 0 Å². The Labute approximate surface area is 251 Å². The first-order valence-electron chi connectivity index (χ1n) is 16.0. The van der Waals surface area contributed by atoms with E-state index < -0.39 is 23.5 Å². The molecule has 0 amide bonds. The van der Waals surface area contributed by atoms with Crippen molar-refractivity contribution in [3.8, 4) is 0 Å². The number of Topliss-reactive ketones (excluding diaryl/α,β-unsaturated/α-hetero) is 2. The molecule has 7 heteroatoms. The average molecular weight is 660 g/mol. The Bertz CT molecular complexity index is 517. The van der Waals surface area contributed by atoms with E-state index in [0.717, 1.165) is 25.7 Å².